The van der Waals surface area contributed by atoms with Crippen LogP contribution in [0.5, 0.6) is 0 Å². The first-order valence-electron chi connectivity index (χ1n) is 8.02. The Labute approximate surface area is 142 Å². The number of carbonyl (C=O) groups is 1. The molecule has 0 spiro atoms. The third-order valence-electron chi connectivity index (χ3n) is 4.89. The lowest BCUT2D eigenvalue weighted by Crippen LogP contribution is -2.43. The van der Waals surface area contributed by atoms with Crippen molar-refractivity contribution >= 4 is 29.2 Å². The molecule has 8 heteroatoms. The van der Waals surface area contributed by atoms with E-state index in [1.165, 1.54) is 12.1 Å². The number of carbonyl (C=O) groups excluding carboxylic acids is 1. The van der Waals surface area contributed by atoms with E-state index in [2.05, 4.69) is 0 Å². The Morgan fingerprint density at radius 3 is 2.38 bits per heavy atom. The topological polar surface area (TPSA) is 53.0 Å². The maximum Gasteiger partial charge on any atom is 0.414 e. The van der Waals surface area contributed by atoms with Crippen LogP contribution in [0.15, 0.2) is 12.1 Å². The van der Waals surface area contributed by atoms with Gasteiger partial charge in [-0.05, 0) is 12.8 Å². The molecule has 0 aromatic heterocycles. The van der Waals surface area contributed by atoms with Crippen LogP contribution in [0.2, 0.25) is 0 Å². The van der Waals surface area contributed by atoms with Gasteiger partial charge in [0.15, 0.2) is 11.6 Å². The second-order valence-corrected chi connectivity index (χ2v) is 7.46. The second-order valence-electron chi connectivity index (χ2n) is 6.39. The molecule has 130 valence electrons. The third kappa shape index (κ3) is 2.52. The number of fused-ring (bicyclic) bond motifs is 2. The fourth-order valence-corrected chi connectivity index (χ4v) is 5.11. The minimum absolute atomic E-state index is 0.0119. The maximum absolute atomic E-state index is 14.7. The standard InChI is InChI=1S/C16H18F2N2O3S/c17-13-3-11(19-5-12(6-21)23-16(19)22)4-14(18)15(13)20-9-1-2-10(20)8-24-7-9/h3-4,9-10,12,21H,1-2,5-8H2/t9?,10?,12-/m1/s1. The molecule has 24 heavy (non-hydrogen) atoms. The van der Waals surface area contributed by atoms with Gasteiger partial charge in [0.2, 0.25) is 0 Å². The van der Waals surface area contributed by atoms with Gasteiger partial charge in [-0.2, -0.15) is 11.8 Å². The smallest absolute Gasteiger partial charge is 0.414 e. The summed E-state index contributed by atoms with van der Waals surface area (Å²) in [6.45, 7) is -0.237. The lowest BCUT2D eigenvalue weighted by Gasteiger charge is -2.37. The number of hydrogen-bond acceptors (Lipinski definition) is 5. The van der Waals surface area contributed by atoms with Gasteiger partial charge in [0.25, 0.3) is 0 Å². The predicted molar refractivity (Wildman–Crippen MR) is 87.7 cm³/mol. The highest BCUT2D eigenvalue weighted by molar-refractivity contribution is 7.99. The van der Waals surface area contributed by atoms with Crippen molar-refractivity contribution in [2.24, 2.45) is 0 Å². The van der Waals surface area contributed by atoms with Gasteiger partial charge in [0.05, 0.1) is 18.8 Å². The summed E-state index contributed by atoms with van der Waals surface area (Å²) >= 11 is 1.83. The number of cyclic esters (lactones) is 1. The number of rotatable bonds is 3. The Bertz CT molecular complexity index is 636. The van der Waals surface area contributed by atoms with E-state index in [4.69, 9.17) is 9.84 Å². The molecule has 0 radical (unpaired) electrons. The molecule has 5 nitrogen and oxygen atoms in total. The number of benzene rings is 1. The Balaban J connectivity index is 1.66. The van der Waals surface area contributed by atoms with E-state index in [1.54, 1.807) is 0 Å². The van der Waals surface area contributed by atoms with Gasteiger partial charge >= 0.3 is 6.09 Å². The summed E-state index contributed by atoms with van der Waals surface area (Å²) in [7, 11) is 0. The number of aliphatic hydroxyl groups excluding tert-OH is 1. The summed E-state index contributed by atoms with van der Waals surface area (Å²) in [5.41, 5.74) is 0.131. The van der Waals surface area contributed by atoms with Crippen molar-refractivity contribution in [3.05, 3.63) is 23.8 Å². The fourth-order valence-electron chi connectivity index (χ4n) is 3.78. The molecular formula is C16H18F2N2O3S. The molecule has 0 aliphatic carbocycles. The summed E-state index contributed by atoms with van der Waals surface area (Å²) in [6, 6.07) is 2.69. The van der Waals surface area contributed by atoms with Crippen molar-refractivity contribution in [3.8, 4) is 0 Å². The monoisotopic (exact) mass is 356 g/mol. The van der Waals surface area contributed by atoms with Crippen LogP contribution >= 0.6 is 11.8 Å². The van der Waals surface area contributed by atoms with Gasteiger partial charge in [-0.3, -0.25) is 4.90 Å². The number of halogens is 2. The largest absolute Gasteiger partial charge is 0.441 e. The first kappa shape index (κ1) is 16.0. The molecule has 1 N–H and O–H groups in total. The van der Waals surface area contributed by atoms with Gasteiger partial charge in [-0.25, -0.2) is 13.6 Å². The van der Waals surface area contributed by atoms with E-state index in [9.17, 15) is 13.6 Å². The van der Waals surface area contributed by atoms with E-state index in [-0.39, 0.29) is 36.6 Å². The lowest BCUT2D eigenvalue weighted by molar-refractivity contribution is 0.0963. The number of amides is 1. The van der Waals surface area contributed by atoms with Crippen molar-refractivity contribution in [1.82, 2.24) is 0 Å². The Hall–Kier alpha value is -1.54. The molecule has 3 aliphatic heterocycles. The fraction of sp³-hybridized carbons (Fsp3) is 0.562. The van der Waals surface area contributed by atoms with E-state index in [0.29, 0.717) is 0 Å². The van der Waals surface area contributed by atoms with Gasteiger partial charge in [-0.15, -0.1) is 0 Å². The minimum Gasteiger partial charge on any atom is -0.441 e. The quantitative estimate of drug-likeness (QED) is 0.901. The first-order chi connectivity index (χ1) is 11.6. The zero-order valence-corrected chi connectivity index (χ0v) is 13.8. The average Bonchev–Trinajstić information content (AvgIpc) is 3.03. The number of ether oxygens (including phenoxy) is 1. The van der Waals surface area contributed by atoms with Crippen molar-refractivity contribution < 1.29 is 23.4 Å². The normalized spacial score (nSPS) is 29.3. The molecule has 3 aliphatic rings. The number of thioether (sulfide) groups is 1. The van der Waals surface area contributed by atoms with Crippen LogP contribution in [0.4, 0.5) is 25.0 Å². The minimum atomic E-state index is -0.699. The zero-order valence-electron chi connectivity index (χ0n) is 13.0. The highest BCUT2D eigenvalue weighted by Crippen LogP contribution is 2.41. The molecule has 3 atom stereocenters. The van der Waals surface area contributed by atoms with Crippen molar-refractivity contribution in [2.45, 2.75) is 31.0 Å². The number of nitrogens with zero attached hydrogens (tertiary/aromatic N) is 2. The van der Waals surface area contributed by atoms with Crippen molar-refractivity contribution in [3.63, 3.8) is 0 Å². The van der Waals surface area contributed by atoms with Gasteiger partial charge in [0.1, 0.15) is 11.8 Å². The zero-order chi connectivity index (χ0) is 16.8. The summed E-state index contributed by atoms with van der Waals surface area (Å²) in [4.78, 5) is 14.8. The van der Waals surface area contributed by atoms with Crippen LogP contribution < -0.4 is 9.80 Å². The van der Waals surface area contributed by atoms with Gasteiger partial charge < -0.3 is 14.7 Å². The SMILES string of the molecule is O=C1O[C@@H](CO)CN1c1cc(F)c(N2C3CCC2CSC3)c(F)c1. The van der Waals surface area contributed by atoms with Crippen LogP contribution in [0, 0.1) is 11.6 Å². The third-order valence-corrected chi connectivity index (χ3v) is 6.13. The summed E-state index contributed by atoms with van der Waals surface area (Å²) < 4.78 is 34.4. The molecule has 4 rings (SSSR count). The average molecular weight is 356 g/mol. The molecule has 3 saturated heterocycles. The van der Waals surface area contributed by atoms with E-state index in [0.717, 1.165) is 29.2 Å². The van der Waals surface area contributed by atoms with Crippen LogP contribution in [0.1, 0.15) is 12.8 Å². The first-order valence-corrected chi connectivity index (χ1v) is 9.18. The highest BCUT2D eigenvalue weighted by Gasteiger charge is 2.40. The summed E-state index contributed by atoms with van der Waals surface area (Å²) in [5.74, 6) is 0.449. The molecule has 3 fully saturated rings. The number of anilines is 2. The molecule has 1 aromatic rings. The molecule has 1 amide bonds. The maximum atomic E-state index is 14.7. The van der Waals surface area contributed by atoms with Crippen molar-refractivity contribution in [2.75, 3.05) is 34.5 Å². The van der Waals surface area contributed by atoms with Gasteiger partial charge in [-0.1, -0.05) is 0 Å². The second kappa shape index (κ2) is 6.07. The van der Waals surface area contributed by atoms with Crippen molar-refractivity contribution in [1.29, 1.82) is 0 Å². The predicted octanol–water partition coefficient (Wildman–Crippen LogP) is 2.37. The molecular weight excluding hydrogens is 338 g/mol. The highest BCUT2D eigenvalue weighted by atomic mass is 32.2. The number of aliphatic hydroxyl groups is 1. The lowest BCUT2D eigenvalue weighted by atomic mass is 10.2. The van der Waals surface area contributed by atoms with Gasteiger partial charge in [0, 0.05) is 35.7 Å². The Morgan fingerprint density at radius 2 is 1.83 bits per heavy atom. The Kier molecular flexibility index (Phi) is 4.04. The molecule has 2 unspecified atom stereocenters. The van der Waals surface area contributed by atoms with Crippen LogP contribution in [-0.4, -0.2) is 54.0 Å². The van der Waals surface area contributed by atoms with Crippen LogP contribution in [0.25, 0.3) is 0 Å². The molecule has 3 heterocycles. The number of hydrogen-bond donors (Lipinski definition) is 1. The molecule has 1 aromatic carbocycles. The van der Waals surface area contributed by atoms with E-state index >= 15 is 0 Å². The molecule has 2 bridgehead atoms. The summed E-state index contributed by atoms with van der Waals surface area (Å²) in [5, 5.41) is 9.08. The molecule has 0 saturated carbocycles. The van der Waals surface area contributed by atoms with E-state index < -0.39 is 23.8 Å². The van der Waals surface area contributed by atoms with Crippen LogP contribution in [0.3, 0.4) is 0 Å². The summed E-state index contributed by atoms with van der Waals surface area (Å²) in [6.07, 6.45) is 0.539. The van der Waals surface area contributed by atoms with Crippen LogP contribution in [-0.2, 0) is 4.74 Å². The van der Waals surface area contributed by atoms with E-state index in [1.807, 2.05) is 16.7 Å². The Morgan fingerprint density at radius 1 is 1.21 bits per heavy atom.